The van der Waals surface area contributed by atoms with Crippen LogP contribution in [0.3, 0.4) is 0 Å². The summed E-state index contributed by atoms with van der Waals surface area (Å²) in [5, 5.41) is 4.60. The normalized spacial score (nSPS) is 16.0. The zero-order chi connectivity index (χ0) is 18.6. The van der Waals surface area contributed by atoms with E-state index in [0.29, 0.717) is 10.6 Å². The van der Waals surface area contributed by atoms with Crippen molar-refractivity contribution in [3.8, 4) is 0 Å². The second-order valence-corrected chi connectivity index (χ2v) is 9.50. The maximum atomic E-state index is 12.8. The van der Waals surface area contributed by atoms with E-state index in [2.05, 4.69) is 5.32 Å². The number of sulfonamides is 1. The molecule has 1 fully saturated rings. The van der Waals surface area contributed by atoms with E-state index in [0.717, 1.165) is 25.7 Å². The van der Waals surface area contributed by atoms with Crippen molar-refractivity contribution in [2.24, 2.45) is 0 Å². The summed E-state index contributed by atoms with van der Waals surface area (Å²) in [6.07, 6.45) is 6.71. The van der Waals surface area contributed by atoms with Gasteiger partial charge in [0.2, 0.25) is 0 Å². The van der Waals surface area contributed by atoms with Crippen LogP contribution in [0.2, 0.25) is 0 Å². The van der Waals surface area contributed by atoms with Crippen LogP contribution in [0.25, 0.3) is 0 Å². The number of thiophene rings is 1. The van der Waals surface area contributed by atoms with Crippen molar-refractivity contribution in [1.29, 1.82) is 0 Å². The Morgan fingerprint density at radius 2 is 1.77 bits per heavy atom. The molecule has 0 atom stereocenters. The predicted molar refractivity (Wildman–Crippen MR) is 105 cm³/mol. The Kier molecular flexibility index (Phi) is 5.98. The van der Waals surface area contributed by atoms with Gasteiger partial charge in [-0.25, -0.2) is 8.42 Å². The molecular formula is C19H24N2O3S2. The molecule has 1 aromatic heterocycles. The number of amides is 1. The molecule has 0 radical (unpaired) electrons. The Balaban J connectivity index is 1.73. The largest absolute Gasteiger partial charge is 0.349 e. The van der Waals surface area contributed by atoms with Gasteiger partial charge in [-0.3, -0.25) is 9.10 Å². The molecule has 0 bridgehead atoms. The Morgan fingerprint density at radius 3 is 2.42 bits per heavy atom. The highest BCUT2D eigenvalue weighted by molar-refractivity contribution is 7.93. The van der Waals surface area contributed by atoms with E-state index in [1.54, 1.807) is 24.3 Å². The van der Waals surface area contributed by atoms with Gasteiger partial charge < -0.3 is 5.32 Å². The summed E-state index contributed by atoms with van der Waals surface area (Å²) in [6, 6.07) is 10.6. The number of anilines is 1. The smallest absolute Gasteiger partial charge is 0.264 e. The van der Waals surface area contributed by atoms with E-state index in [1.165, 1.54) is 47.0 Å². The van der Waals surface area contributed by atoms with Crippen molar-refractivity contribution in [2.75, 3.05) is 11.4 Å². The molecule has 5 nitrogen and oxygen atoms in total. The first-order valence-corrected chi connectivity index (χ1v) is 11.2. The fourth-order valence-corrected chi connectivity index (χ4v) is 5.55. The van der Waals surface area contributed by atoms with Gasteiger partial charge in [0.05, 0.1) is 15.5 Å². The Morgan fingerprint density at radius 1 is 1.12 bits per heavy atom. The number of carbonyl (C=O) groups is 1. The average Bonchev–Trinajstić information content (AvgIpc) is 3.03. The number of benzene rings is 1. The molecule has 7 heteroatoms. The van der Waals surface area contributed by atoms with Gasteiger partial charge in [0.25, 0.3) is 15.9 Å². The molecular weight excluding hydrogens is 368 g/mol. The topological polar surface area (TPSA) is 66.5 Å². The minimum Gasteiger partial charge on any atom is -0.349 e. The SMILES string of the molecule is CN(c1ccccc1)S(=O)(=O)c1csc(C(=O)NC2CCCCCC2)c1. The second-order valence-electron chi connectivity index (χ2n) is 6.62. The monoisotopic (exact) mass is 392 g/mol. The Labute approximate surface area is 159 Å². The van der Waals surface area contributed by atoms with Crippen LogP contribution in [0.1, 0.15) is 48.2 Å². The first-order chi connectivity index (χ1) is 12.5. The summed E-state index contributed by atoms with van der Waals surface area (Å²) in [5.74, 6) is -0.175. The first kappa shape index (κ1) is 18.9. The second kappa shape index (κ2) is 8.22. The van der Waals surface area contributed by atoms with Crippen molar-refractivity contribution in [3.05, 3.63) is 46.7 Å². The fourth-order valence-electron chi connectivity index (χ4n) is 3.19. The van der Waals surface area contributed by atoms with Gasteiger partial charge in [-0.05, 0) is 31.0 Å². The molecule has 1 aromatic carbocycles. The number of carbonyl (C=O) groups excluding carboxylic acids is 1. The van der Waals surface area contributed by atoms with E-state index in [-0.39, 0.29) is 16.8 Å². The molecule has 1 N–H and O–H groups in total. The first-order valence-electron chi connectivity index (χ1n) is 8.92. The molecule has 0 saturated heterocycles. The molecule has 0 aliphatic heterocycles. The summed E-state index contributed by atoms with van der Waals surface area (Å²) in [4.78, 5) is 13.1. The summed E-state index contributed by atoms with van der Waals surface area (Å²) >= 11 is 1.17. The summed E-state index contributed by atoms with van der Waals surface area (Å²) in [5.41, 5.74) is 0.586. The van der Waals surface area contributed by atoms with Crippen LogP contribution >= 0.6 is 11.3 Å². The maximum Gasteiger partial charge on any atom is 0.264 e. The Bertz CT molecular complexity index is 839. The van der Waals surface area contributed by atoms with Gasteiger partial charge in [-0.1, -0.05) is 43.9 Å². The van der Waals surface area contributed by atoms with Crippen LogP contribution in [0.5, 0.6) is 0 Å². The lowest BCUT2D eigenvalue weighted by molar-refractivity contribution is 0.0937. The van der Waals surface area contributed by atoms with Gasteiger partial charge in [-0.2, -0.15) is 0 Å². The van der Waals surface area contributed by atoms with E-state index >= 15 is 0 Å². The quantitative estimate of drug-likeness (QED) is 0.782. The van der Waals surface area contributed by atoms with E-state index in [9.17, 15) is 13.2 Å². The van der Waals surface area contributed by atoms with Crippen molar-refractivity contribution in [3.63, 3.8) is 0 Å². The summed E-state index contributed by atoms with van der Waals surface area (Å²) in [6.45, 7) is 0. The van der Waals surface area contributed by atoms with Crippen LogP contribution in [-0.4, -0.2) is 27.4 Å². The van der Waals surface area contributed by atoms with Gasteiger partial charge in [0.15, 0.2) is 0 Å². The number of hydrogen-bond acceptors (Lipinski definition) is 4. The molecule has 1 aliphatic rings. The third kappa shape index (κ3) is 4.27. The third-order valence-corrected chi connectivity index (χ3v) is 7.61. The number of para-hydroxylation sites is 1. The van der Waals surface area contributed by atoms with Gasteiger partial charge in [-0.15, -0.1) is 11.3 Å². The highest BCUT2D eigenvalue weighted by atomic mass is 32.2. The van der Waals surface area contributed by atoms with Crippen LogP contribution in [0.15, 0.2) is 46.7 Å². The lowest BCUT2D eigenvalue weighted by Crippen LogP contribution is -2.34. The van der Waals surface area contributed by atoms with Crippen LogP contribution in [0, 0.1) is 0 Å². The molecule has 26 heavy (non-hydrogen) atoms. The minimum absolute atomic E-state index is 0.153. The van der Waals surface area contributed by atoms with Crippen molar-refractivity contribution < 1.29 is 13.2 Å². The predicted octanol–water partition coefficient (Wildman–Crippen LogP) is 4.03. The molecule has 2 aromatic rings. The summed E-state index contributed by atoms with van der Waals surface area (Å²) in [7, 11) is -2.16. The molecule has 1 saturated carbocycles. The lowest BCUT2D eigenvalue weighted by atomic mass is 10.1. The van der Waals surface area contributed by atoms with Crippen LogP contribution in [0.4, 0.5) is 5.69 Å². The lowest BCUT2D eigenvalue weighted by Gasteiger charge is -2.18. The molecule has 3 rings (SSSR count). The van der Waals surface area contributed by atoms with Crippen LogP contribution < -0.4 is 9.62 Å². The molecule has 140 valence electrons. The molecule has 1 amide bonds. The molecule has 1 aliphatic carbocycles. The number of nitrogens with one attached hydrogen (secondary N) is 1. The standard InChI is InChI=1S/C19H24N2O3S2/c1-21(16-11-7-4-8-12-16)26(23,24)17-13-18(25-14-17)19(22)20-15-9-5-2-3-6-10-15/h4,7-8,11-15H,2-3,5-6,9-10H2,1H3,(H,20,22). The molecule has 0 unspecified atom stereocenters. The van der Waals surface area contributed by atoms with E-state index < -0.39 is 10.0 Å². The van der Waals surface area contributed by atoms with Crippen LogP contribution in [-0.2, 0) is 10.0 Å². The van der Waals surface area contributed by atoms with Crippen molar-refractivity contribution in [2.45, 2.75) is 49.5 Å². The number of nitrogens with zero attached hydrogens (tertiary/aromatic N) is 1. The average molecular weight is 393 g/mol. The number of rotatable bonds is 5. The van der Waals surface area contributed by atoms with E-state index in [1.807, 2.05) is 6.07 Å². The van der Waals surface area contributed by atoms with Gasteiger partial charge >= 0.3 is 0 Å². The van der Waals surface area contributed by atoms with Gasteiger partial charge in [0, 0.05) is 18.5 Å². The Hall–Kier alpha value is -1.86. The van der Waals surface area contributed by atoms with Crippen molar-refractivity contribution >= 4 is 33.0 Å². The van der Waals surface area contributed by atoms with Crippen molar-refractivity contribution in [1.82, 2.24) is 5.32 Å². The molecule has 0 spiro atoms. The number of hydrogen-bond donors (Lipinski definition) is 1. The highest BCUT2D eigenvalue weighted by Crippen LogP contribution is 2.26. The zero-order valence-corrected chi connectivity index (χ0v) is 16.5. The zero-order valence-electron chi connectivity index (χ0n) is 14.8. The fraction of sp³-hybridized carbons (Fsp3) is 0.421. The maximum absolute atomic E-state index is 12.8. The van der Waals surface area contributed by atoms with Gasteiger partial charge in [0.1, 0.15) is 0 Å². The molecule has 1 heterocycles. The van der Waals surface area contributed by atoms with E-state index in [4.69, 9.17) is 0 Å². The summed E-state index contributed by atoms with van der Waals surface area (Å²) < 4.78 is 26.8. The highest BCUT2D eigenvalue weighted by Gasteiger charge is 2.25. The third-order valence-electron chi connectivity index (χ3n) is 4.77. The minimum atomic E-state index is -3.68.